The first-order valence-corrected chi connectivity index (χ1v) is 21.8. The van der Waals surface area contributed by atoms with Gasteiger partial charge in [-0.3, -0.25) is 19.4 Å². The number of rotatable bonds is 10. The van der Waals surface area contributed by atoms with Crippen molar-refractivity contribution < 1.29 is 38.5 Å². The predicted octanol–water partition coefficient (Wildman–Crippen LogP) is 7.38. The number of aromatic nitrogens is 1. The lowest BCUT2D eigenvalue weighted by Crippen LogP contribution is -2.50. The Hall–Kier alpha value is -3.68. The van der Waals surface area contributed by atoms with E-state index in [4.69, 9.17) is 28.3 Å². The minimum atomic E-state index is -1.27. The summed E-state index contributed by atoms with van der Waals surface area (Å²) >= 11 is 14.5. The van der Waals surface area contributed by atoms with E-state index >= 15 is 4.39 Å². The molecule has 7 rings (SSSR count). The van der Waals surface area contributed by atoms with E-state index in [1.165, 1.54) is 30.6 Å². The van der Waals surface area contributed by atoms with Crippen LogP contribution in [0.15, 0.2) is 73.1 Å². The fourth-order valence-electron chi connectivity index (χ4n) is 8.46. The first kappa shape index (κ1) is 49.3. The van der Waals surface area contributed by atoms with Crippen molar-refractivity contribution in [2.75, 3.05) is 23.8 Å². The van der Waals surface area contributed by atoms with E-state index in [-0.39, 0.29) is 70.2 Å². The monoisotopic (exact) mass is 1030 g/mol. The van der Waals surface area contributed by atoms with Crippen molar-refractivity contribution in [3.63, 3.8) is 0 Å². The van der Waals surface area contributed by atoms with Gasteiger partial charge in [-0.1, -0.05) is 62.2 Å². The minimum absolute atomic E-state index is 0. The highest BCUT2D eigenvalue weighted by molar-refractivity contribution is 14.1. The number of pyridine rings is 1. The molecule has 3 heterocycles. The normalized spacial score (nSPS) is 23.3. The molecule has 3 aromatic carbocycles. The van der Waals surface area contributed by atoms with Gasteiger partial charge in [-0.05, 0) is 114 Å². The van der Waals surface area contributed by atoms with Crippen LogP contribution in [0.25, 0.3) is 0 Å². The third-order valence-electron chi connectivity index (χ3n) is 11.2. The van der Waals surface area contributed by atoms with E-state index < -0.39 is 53.7 Å². The van der Waals surface area contributed by atoms with Crippen LogP contribution in [0.5, 0.6) is 0 Å². The van der Waals surface area contributed by atoms with Crippen LogP contribution in [-0.4, -0.2) is 81.5 Å². The largest absolute Gasteiger partial charge is 0.394 e. The van der Waals surface area contributed by atoms with Crippen molar-refractivity contribution in [2.24, 2.45) is 5.41 Å². The number of aliphatic hydroxyl groups is 3. The van der Waals surface area contributed by atoms with Crippen LogP contribution in [0.2, 0.25) is 10.0 Å². The van der Waals surface area contributed by atoms with Crippen LogP contribution in [0.3, 0.4) is 0 Å². The molecule has 0 radical (unpaired) electrons. The summed E-state index contributed by atoms with van der Waals surface area (Å²) in [4.78, 5) is 44.2. The van der Waals surface area contributed by atoms with Gasteiger partial charge in [0, 0.05) is 45.0 Å². The van der Waals surface area contributed by atoms with Gasteiger partial charge in [0.2, 0.25) is 11.8 Å². The second-order valence-electron chi connectivity index (χ2n) is 16.8. The Kier molecular flexibility index (Phi) is 16.6. The van der Waals surface area contributed by atoms with E-state index in [0.29, 0.717) is 54.1 Å². The van der Waals surface area contributed by atoms with Crippen LogP contribution in [0, 0.1) is 20.6 Å². The van der Waals surface area contributed by atoms with Gasteiger partial charge in [-0.25, -0.2) is 8.78 Å². The zero-order valence-corrected chi connectivity index (χ0v) is 38.6. The number of halogens is 6. The number of benzene rings is 3. The predicted molar refractivity (Wildman–Crippen MR) is 246 cm³/mol. The van der Waals surface area contributed by atoms with Gasteiger partial charge in [0.25, 0.3) is 5.91 Å². The molecule has 1 saturated heterocycles. The summed E-state index contributed by atoms with van der Waals surface area (Å²) in [5, 5.41) is 43.3. The number of nitrogens with one attached hydrogen (secondary N) is 5. The van der Waals surface area contributed by atoms with Crippen molar-refractivity contribution in [2.45, 2.75) is 94.5 Å². The van der Waals surface area contributed by atoms with E-state index in [1.54, 1.807) is 36.4 Å². The Morgan fingerprint density at radius 2 is 1.76 bits per heavy atom. The highest BCUT2D eigenvalue weighted by Crippen LogP contribution is 2.57. The average molecular weight is 1030 g/mol. The molecule has 1 spiro atoms. The third-order valence-corrected chi connectivity index (χ3v) is 12.4. The van der Waals surface area contributed by atoms with Crippen molar-refractivity contribution in [1.82, 2.24) is 20.9 Å². The summed E-state index contributed by atoms with van der Waals surface area (Å²) in [6.07, 6.45) is 4.56. The molecule has 62 heavy (non-hydrogen) atoms. The average Bonchev–Trinajstić information content (AvgIpc) is 3.69. The van der Waals surface area contributed by atoms with Gasteiger partial charge >= 0.3 is 0 Å². The molecule has 8 N–H and O–H groups in total. The molecule has 12 nitrogen and oxygen atoms in total. The molecule has 1 aliphatic carbocycles. The second kappa shape index (κ2) is 20.9. The second-order valence-corrected chi connectivity index (χ2v) is 18.9. The standard InChI is InChI=1S/C29H34Cl2FN3O3.C15H15FIN3O3.ClH/c1-28(2,3)14-22-29(19-12-7-15(30)13-21(19)34-27(29)38)23(18-5-4-6-20(31)24(18)32)25(35-22)26(37)33-16-8-10-17(36)11-9-16;16-12-5-9(17)1-2-13(12)20-14-7-18-4-3-11(14)15(23)19-6-10(22)8-21;/h4-7,12-13,16-17,22-23,25,35-36H,8-11,14H2,1-3H3,(H,33,37)(H,34,38);1-5,7,10,20-22H,6,8H2,(H,19,23);1H/t16?,17?,22-,23+,25-,29+;10-;/m10./s1. The summed E-state index contributed by atoms with van der Waals surface area (Å²) in [5.74, 6) is -2.99. The van der Waals surface area contributed by atoms with Crippen molar-refractivity contribution >= 4 is 93.0 Å². The lowest BCUT2D eigenvalue weighted by molar-refractivity contribution is -0.124. The Morgan fingerprint density at radius 1 is 1.03 bits per heavy atom. The van der Waals surface area contributed by atoms with Crippen LogP contribution in [0.4, 0.5) is 25.8 Å². The van der Waals surface area contributed by atoms with E-state index in [9.17, 15) is 29.0 Å². The number of hydrogen-bond acceptors (Lipinski definition) is 9. The summed E-state index contributed by atoms with van der Waals surface area (Å²) in [6.45, 7) is 5.69. The number of amides is 3. The Morgan fingerprint density at radius 3 is 2.44 bits per heavy atom. The number of carbonyl (C=O) groups is 3. The molecule has 1 saturated carbocycles. The summed E-state index contributed by atoms with van der Waals surface area (Å²) in [5.41, 5.74) is 0.812. The lowest BCUT2D eigenvalue weighted by atomic mass is 9.62. The molecule has 3 aliphatic rings. The first-order valence-electron chi connectivity index (χ1n) is 20.0. The Bertz CT molecular complexity index is 2260. The van der Waals surface area contributed by atoms with E-state index in [0.717, 1.165) is 3.57 Å². The zero-order valence-electron chi connectivity index (χ0n) is 34.2. The topological polar surface area (TPSA) is 185 Å². The highest BCUT2D eigenvalue weighted by atomic mass is 127. The molecular weight excluding hydrogens is 980 g/mol. The minimum Gasteiger partial charge on any atom is -0.394 e. The molecule has 3 amide bonds. The van der Waals surface area contributed by atoms with Gasteiger partial charge in [-0.15, -0.1) is 12.4 Å². The Balaban J connectivity index is 0.000000260. The molecule has 334 valence electrons. The molecule has 1 aromatic heterocycles. The van der Waals surface area contributed by atoms with Crippen molar-refractivity contribution in [3.05, 3.63) is 115 Å². The molecule has 18 heteroatoms. The molecular formula is C44H50Cl3F2IN6O6. The van der Waals surface area contributed by atoms with Gasteiger partial charge in [0.15, 0.2) is 0 Å². The number of fused-ring (bicyclic) bond motifs is 2. The van der Waals surface area contributed by atoms with Gasteiger partial charge in [-0.2, -0.15) is 0 Å². The number of anilines is 3. The maximum atomic E-state index is 15.8. The molecule has 5 atom stereocenters. The van der Waals surface area contributed by atoms with E-state index in [1.807, 2.05) is 28.7 Å². The van der Waals surface area contributed by atoms with Crippen LogP contribution < -0.4 is 26.6 Å². The van der Waals surface area contributed by atoms with Gasteiger partial charge in [0.05, 0.1) is 53.0 Å². The van der Waals surface area contributed by atoms with Gasteiger partial charge in [0.1, 0.15) is 17.0 Å². The highest BCUT2D eigenvalue weighted by Gasteiger charge is 2.66. The van der Waals surface area contributed by atoms with Gasteiger partial charge < -0.3 is 41.9 Å². The van der Waals surface area contributed by atoms with Crippen LogP contribution in [0.1, 0.15) is 80.3 Å². The summed E-state index contributed by atoms with van der Waals surface area (Å²) in [7, 11) is 0. The van der Waals surface area contributed by atoms with Crippen molar-refractivity contribution in [1.29, 1.82) is 0 Å². The summed E-state index contributed by atoms with van der Waals surface area (Å²) < 4.78 is 30.5. The number of carbonyl (C=O) groups excluding carboxylic acids is 3. The number of hydrogen-bond donors (Lipinski definition) is 8. The fourth-order valence-corrected chi connectivity index (χ4v) is 9.27. The molecule has 0 bridgehead atoms. The number of nitrogens with zero attached hydrogens (tertiary/aromatic N) is 1. The fraction of sp³-hybridized carbons (Fsp3) is 0.409. The number of aliphatic hydroxyl groups excluding tert-OH is 3. The summed E-state index contributed by atoms with van der Waals surface area (Å²) in [6, 6.07) is 14.7. The SMILES string of the molecule is CC(C)(C)C[C@H]1N[C@@H](C(=O)NC2CCC(O)CC2)[C@H](c2cccc(Cl)c2F)[C@@]12C(=O)Nc1cc(Cl)ccc12.Cl.O=C(NC[C@H](O)CO)c1ccncc1Nc1ccc(I)cc1F. The van der Waals surface area contributed by atoms with Crippen LogP contribution >= 0.6 is 58.2 Å². The lowest BCUT2D eigenvalue weighted by Gasteiger charge is -2.38. The first-order chi connectivity index (χ1) is 28.9. The molecule has 4 aromatic rings. The Labute approximate surface area is 388 Å². The van der Waals surface area contributed by atoms with E-state index in [2.05, 4.69) is 52.3 Å². The maximum Gasteiger partial charge on any atom is 0.253 e. The smallest absolute Gasteiger partial charge is 0.253 e. The third kappa shape index (κ3) is 11.0. The van der Waals surface area contributed by atoms with Crippen LogP contribution in [-0.2, 0) is 15.0 Å². The zero-order chi connectivity index (χ0) is 44.2. The molecule has 2 aliphatic heterocycles. The quantitative estimate of drug-likeness (QED) is 0.0752. The maximum absolute atomic E-state index is 15.8. The molecule has 0 unspecified atom stereocenters. The molecule has 2 fully saturated rings. The van der Waals surface area contributed by atoms with Crippen molar-refractivity contribution in [3.8, 4) is 0 Å².